The Morgan fingerprint density at radius 2 is 1.81 bits per heavy atom. The molecule has 4 nitrogen and oxygen atoms in total. The molecule has 0 atom stereocenters. The fourth-order valence-corrected chi connectivity index (χ4v) is 2.22. The van der Waals surface area contributed by atoms with E-state index < -0.39 is 0 Å². The molecule has 1 aromatic heterocycles. The zero-order chi connectivity index (χ0) is 15.0. The van der Waals surface area contributed by atoms with Crippen molar-refractivity contribution in [2.75, 3.05) is 0 Å². The molecule has 21 heavy (non-hydrogen) atoms. The average molecular weight is 280 g/mol. The van der Waals surface area contributed by atoms with E-state index in [1.165, 1.54) is 4.57 Å². The van der Waals surface area contributed by atoms with E-state index in [1.807, 2.05) is 50.2 Å². The van der Waals surface area contributed by atoms with Crippen LogP contribution in [0.15, 0.2) is 47.3 Å². The molecule has 0 fully saturated rings. The van der Waals surface area contributed by atoms with Gasteiger partial charge in [-0.3, -0.25) is 9.36 Å². The molecule has 0 aliphatic heterocycles. The summed E-state index contributed by atoms with van der Waals surface area (Å²) in [5, 5.41) is 0.591. The summed E-state index contributed by atoms with van der Waals surface area (Å²) < 4.78 is 7.30. The first-order valence-corrected chi connectivity index (χ1v) is 6.78. The van der Waals surface area contributed by atoms with E-state index >= 15 is 0 Å². The number of aryl methyl sites for hydroxylation is 1. The van der Waals surface area contributed by atoms with Crippen LogP contribution >= 0.6 is 0 Å². The fourth-order valence-electron chi connectivity index (χ4n) is 2.22. The Morgan fingerprint density at radius 3 is 2.62 bits per heavy atom. The molecule has 0 saturated heterocycles. The van der Waals surface area contributed by atoms with Crippen LogP contribution in [0.1, 0.15) is 11.1 Å². The van der Waals surface area contributed by atoms with Gasteiger partial charge in [-0.2, -0.15) is 4.98 Å². The summed E-state index contributed by atoms with van der Waals surface area (Å²) in [6, 6.07) is 13.4. The Morgan fingerprint density at radius 1 is 1.05 bits per heavy atom. The maximum absolute atomic E-state index is 12.3. The third-order valence-corrected chi connectivity index (χ3v) is 3.70. The summed E-state index contributed by atoms with van der Waals surface area (Å²) >= 11 is 0. The maximum Gasteiger partial charge on any atom is 0.305 e. The number of fused-ring (bicyclic) bond motifs is 1. The van der Waals surface area contributed by atoms with Crippen molar-refractivity contribution >= 4 is 10.9 Å². The molecule has 0 saturated carbocycles. The van der Waals surface area contributed by atoms with Gasteiger partial charge in [-0.05, 0) is 43.2 Å². The van der Waals surface area contributed by atoms with Crippen molar-refractivity contribution in [3.8, 4) is 11.8 Å². The Kier molecular flexibility index (Phi) is 3.22. The lowest BCUT2D eigenvalue weighted by Crippen LogP contribution is -2.19. The molecule has 106 valence electrons. The van der Waals surface area contributed by atoms with Crippen LogP contribution < -0.4 is 10.3 Å². The fraction of sp³-hybridized carbons (Fsp3) is 0.176. The van der Waals surface area contributed by atoms with E-state index in [1.54, 1.807) is 13.1 Å². The largest absolute Gasteiger partial charge is 0.425 e. The normalized spacial score (nSPS) is 10.8. The summed E-state index contributed by atoms with van der Waals surface area (Å²) in [7, 11) is 1.67. The van der Waals surface area contributed by atoms with Gasteiger partial charge < -0.3 is 4.74 Å². The van der Waals surface area contributed by atoms with E-state index in [4.69, 9.17) is 4.74 Å². The van der Waals surface area contributed by atoms with Gasteiger partial charge in [0.1, 0.15) is 5.75 Å². The molecule has 0 unspecified atom stereocenters. The molecule has 0 aliphatic rings. The highest BCUT2D eigenvalue weighted by Crippen LogP contribution is 2.25. The van der Waals surface area contributed by atoms with Crippen molar-refractivity contribution in [1.29, 1.82) is 0 Å². The maximum atomic E-state index is 12.3. The number of rotatable bonds is 2. The molecule has 0 amide bonds. The summed E-state index contributed by atoms with van der Waals surface area (Å²) in [4.78, 5) is 16.8. The lowest BCUT2D eigenvalue weighted by atomic mass is 10.1. The number of aromatic nitrogens is 2. The van der Waals surface area contributed by atoms with Gasteiger partial charge in [0.05, 0.1) is 10.9 Å². The summed E-state index contributed by atoms with van der Waals surface area (Å²) in [6.45, 7) is 4.01. The number of ether oxygens (including phenoxy) is 1. The molecule has 0 N–H and O–H groups in total. The van der Waals surface area contributed by atoms with Crippen LogP contribution in [0.3, 0.4) is 0 Å². The van der Waals surface area contributed by atoms with Gasteiger partial charge in [0.25, 0.3) is 5.56 Å². The topological polar surface area (TPSA) is 44.1 Å². The van der Waals surface area contributed by atoms with E-state index in [0.29, 0.717) is 22.7 Å². The van der Waals surface area contributed by atoms with Gasteiger partial charge in [0, 0.05) is 7.05 Å². The summed E-state index contributed by atoms with van der Waals surface area (Å²) in [5.74, 6) is 0.716. The first-order chi connectivity index (χ1) is 10.1. The van der Waals surface area contributed by atoms with E-state index in [2.05, 4.69) is 4.98 Å². The van der Waals surface area contributed by atoms with Gasteiger partial charge in [-0.25, -0.2) is 0 Å². The van der Waals surface area contributed by atoms with Crippen molar-refractivity contribution in [3.05, 3.63) is 63.9 Å². The smallest absolute Gasteiger partial charge is 0.305 e. The van der Waals surface area contributed by atoms with Crippen LogP contribution in [0, 0.1) is 13.8 Å². The van der Waals surface area contributed by atoms with Gasteiger partial charge in [-0.1, -0.05) is 24.3 Å². The number of nitrogens with zero attached hydrogens (tertiary/aromatic N) is 2. The molecular weight excluding hydrogens is 264 g/mol. The van der Waals surface area contributed by atoms with E-state index in [0.717, 1.165) is 11.1 Å². The van der Waals surface area contributed by atoms with Crippen LogP contribution in [-0.2, 0) is 7.05 Å². The van der Waals surface area contributed by atoms with Crippen molar-refractivity contribution in [2.45, 2.75) is 13.8 Å². The predicted molar refractivity (Wildman–Crippen MR) is 83.0 cm³/mol. The molecule has 0 spiro atoms. The molecule has 0 bridgehead atoms. The highest BCUT2D eigenvalue weighted by atomic mass is 16.5. The third-order valence-electron chi connectivity index (χ3n) is 3.70. The quantitative estimate of drug-likeness (QED) is 0.723. The first-order valence-electron chi connectivity index (χ1n) is 6.78. The monoisotopic (exact) mass is 280 g/mol. The van der Waals surface area contributed by atoms with Crippen LogP contribution in [0.5, 0.6) is 11.8 Å². The van der Waals surface area contributed by atoms with Crippen molar-refractivity contribution in [3.63, 3.8) is 0 Å². The molecule has 4 heteroatoms. The number of hydrogen-bond acceptors (Lipinski definition) is 3. The van der Waals surface area contributed by atoms with Gasteiger partial charge >= 0.3 is 6.01 Å². The number of hydrogen-bond donors (Lipinski definition) is 0. The zero-order valence-corrected chi connectivity index (χ0v) is 12.3. The minimum Gasteiger partial charge on any atom is -0.425 e. The minimum absolute atomic E-state index is 0.110. The lowest BCUT2D eigenvalue weighted by molar-refractivity contribution is 0.413. The van der Waals surface area contributed by atoms with Crippen LogP contribution in [-0.4, -0.2) is 9.55 Å². The Balaban J connectivity index is 2.15. The van der Waals surface area contributed by atoms with Crippen LogP contribution in [0.25, 0.3) is 10.9 Å². The minimum atomic E-state index is -0.110. The average Bonchev–Trinajstić information content (AvgIpc) is 2.49. The second kappa shape index (κ2) is 5.05. The highest BCUT2D eigenvalue weighted by molar-refractivity contribution is 5.77. The predicted octanol–water partition coefficient (Wildman–Crippen LogP) is 3.34. The molecule has 2 aromatic carbocycles. The van der Waals surface area contributed by atoms with Gasteiger partial charge in [0.2, 0.25) is 0 Å². The van der Waals surface area contributed by atoms with Crippen molar-refractivity contribution in [2.24, 2.45) is 7.05 Å². The molecule has 1 heterocycles. The Bertz CT molecular complexity index is 882. The Labute approximate surface area is 122 Å². The number of para-hydroxylation sites is 1. The molecule has 0 radical (unpaired) electrons. The molecule has 3 rings (SSSR count). The number of benzene rings is 2. The molecule has 3 aromatic rings. The lowest BCUT2D eigenvalue weighted by Gasteiger charge is -2.12. The third kappa shape index (κ3) is 2.29. The SMILES string of the molecule is Cc1cccc(Oc2nc3ccccc3c(=O)n2C)c1C. The molecular formula is C17H16N2O2. The van der Waals surface area contributed by atoms with E-state index in [-0.39, 0.29) is 5.56 Å². The standard InChI is InChI=1S/C17H16N2O2/c1-11-7-6-10-15(12(11)2)21-17-18-14-9-5-4-8-13(14)16(20)19(17)3/h4-10H,1-3H3. The zero-order valence-electron chi connectivity index (χ0n) is 12.3. The Hall–Kier alpha value is -2.62. The van der Waals surface area contributed by atoms with Crippen LogP contribution in [0.2, 0.25) is 0 Å². The van der Waals surface area contributed by atoms with Crippen LogP contribution in [0.4, 0.5) is 0 Å². The van der Waals surface area contributed by atoms with E-state index in [9.17, 15) is 4.79 Å². The first kappa shape index (κ1) is 13.4. The second-order valence-electron chi connectivity index (χ2n) is 5.08. The summed E-state index contributed by atoms with van der Waals surface area (Å²) in [5.41, 5.74) is 2.71. The van der Waals surface area contributed by atoms with Gasteiger partial charge in [-0.15, -0.1) is 0 Å². The van der Waals surface area contributed by atoms with Gasteiger partial charge in [0.15, 0.2) is 0 Å². The van der Waals surface area contributed by atoms with Crippen molar-refractivity contribution in [1.82, 2.24) is 9.55 Å². The highest BCUT2D eigenvalue weighted by Gasteiger charge is 2.11. The van der Waals surface area contributed by atoms with Crippen molar-refractivity contribution < 1.29 is 4.74 Å². The second-order valence-corrected chi connectivity index (χ2v) is 5.08. The summed E-state index contributed by atoms with van der Waals surface area (Å²) in [6.07, 6.45) is 0. The molecule has 0 aliphatic carbocycles.